The van der Waals surface area contributed by atoms with Crippen molar-refractivity contribution >= 4 is 23.3 Å². The number of nitrogens with two attached hydrogens (primary N) is 3. The molecule has 0 atom stereocenters. The Balaban J connectivity index is 3.43. The second-order valence-electron chi connectivity index (χ2n) is 2.62. The molecule has 0 saturated heterocycles. The highest BCUT2D eigenvalue weighted by atomic mass is 16.5. The molecule has 1 rings (SSSR count). The second kappa shape index (κ2) is 3.32. The van der Waals surface area contributed by atoms with Crippen LogP contribution in [0.5, 0.6) is 0 Å². The molecular weight excluding hydrogens is 188 g/mol. The zero-order valence-corrected chi connectivity index (χ0v) is 7.65. The molecule has 0 aliphatic heterocycles. The van der Waals surface area contributed by atoms with Crippen LogP contribution in [0.4, 0.5) is 23.3 Å². The van der Waals surface area contributed by atoms with Crippen LogP contribution in [-0.2, 0) is 0 Å². The van der Waals surface area contributed by atoms with E-state index in [2.05, 4.69) is 5.32 Å². The quantitative estimate of drug-likeness (QED) is 0.325. The van der Waals surface area contributed by atoms with Crippen LogP contribution in [0.2, 0.25) is 0 Å². The standard InChI is InChI=1S/C6H12N6O2/c1-2-10-6-5(9)11(13)3(7)4(8)12(6)14/h10H,2,7-9H2,1H3. The van der Waals surface area contributed by atoms with Gasteiger partial charge in [-0.1, -0.05) is 0 Å². The van der Waals surface area contributed by atoms with Crippen molar-refractivity contribution in [2.24, 2.45) is 0 Å². The molecule has 0 aromatic carbocycles. The molecule has 0 saturated carbocycles. The first-order valence-electron chi connectivity index (χ1n) is 3.94. The summed E-state index contributed by atoms with van der Waals surface area (Å²) >= 11 is 0. The minimum atomic E-state index is -0.404. The van der Waals surface area contributed by atoms with Gasteiger partial charge in [0.15, 0.2) is 0 Å². The smallest absolute Gasteiger partial charge is 0.296 e. The van der Waals surface area contributed by atoms with Crippen LogP contribution in [0.15, 0.2) is 0 Å². The number of rotatable bonds is 2. The molecule has 8 heteroatoms. The van der Waals surface area contributed by atoms with E-state index in [0.29, 0.717) is 11.3 Å². The van der Waals surface area contributed by atoms with E-state index in [1.807, 2.05) is 0 Å². The van der Waals surface area contributed by atoms with Crippen molar-refractivity contribution in [2.75, 3.05) is 29.1 Å². The molecule has 0 unspecified atom stereocenters. The van der Waals surface area contributed by atoms with E-state index < -0.39 is 5.82 Å². The fourth-order valence-corrected chi connectivity index (χ4v) is 0.988. The van der Waals surface area contributed by atoms with Crippen LogP contribution in [0.3, 0.4) is 0 Å². The molecule has 7 N–H and O–H groups in total. The minimum Gasteiger partial charge on any atom is -0.740 e. The molecule has 1 aromatic heterocycles. The Morgan fingerprint density at radius 3 is 2.07 bits per heavy atom. The van der Waals surface area contributed by atoms with E-state index in [0.717, 1.165) is 0 Å². The monoisotopic (exact) mass is 200 g/mol. The topological polar surface area (TPSA) is 144 Å². The van der Waals surface area contributed by atoms with Crippen LogP contribution >= 0.6 is 0 Å². The first kappa shape index (κ1) is 9.96. The zero-order valence-electron chi connectivity index (χ0n) is 7.65. The van der Waals surface area contributed by atoms with Crippen molar-refractivity contribution in [3.05, 3.63) is 10.4 Å². The van der Waals surface area contributed by atoms with Crippen molar-refractivity contribution in [2.45, 2.75) is 6.92 Å². The second-order valence-corrected chi connectivity index (χ2v) is 2.62. The molecule has 1 aromatic rings. The Labute approximate surface area is 80.1 Å². The van der Waals surface area contributed by atoms with Gasteiger partial charge in [-0.15, -0.1) is 0 Å². The molecule has 0 radical (unpaired) electrons. The van der Waals surface area contributed by atoms with Gasteiger partial charge in [-0.05, 0) is 6.92 Å². The fraction of sp³-hybridized carbons (Fsp3) is 0.333. The summed E-state index contributed by atoms with van der Waals surface area (Å²) < 4.78 is 0.504. The van der Waals surface area contributed by atoms with E-state index in [9.17, 15) is 10.4 Å². The van der Waals surface area contributed by atoms with Crippen LogP contribution in [-0.4, -0.2) is 6.54 Å². The molecule has 0 bridgehead atoms. The lowest BCUT2D eigenvalue weighted by molar-refractivity contribution is -0.623. The average molecular weight is 200 g/mol. The molecule has 78 valence electrons. The van der Waals surface area contributed by atoms with E-state index in [1.54, 1.807) is 6.92 Å². The summed E-state index contributed by atoms with van der Waals surface area (Å²) in [5, 5.41) is 25.2. The summed E-state index contributed by atoms with van der Waals surface area (Å²) in [6, 6.07) is 0. The molecule has 0 amide bonds. The maximum absolute atomic E-state index is 11.4. The summed E-state index contributed by atoms with van der Waals surface area (Å²) in [4.78, 5) is 0. The van der Waals surface area contributed by atoms with Crippen LogP contribution in [0, 0.1) is 10.4 Å². The van der Waals surface area contributed by atoms with Gasteiger partial charge in [0.1, 0.15) is 0 Å². The Hall–Kier alpha value is -2.12. The Morgan fingerprint density at radius 2 is 1.57 bits per heavy atom. The zero-order chi connectivity index (χ0) is 10.9. The predicted octanol–water partition coefficient (Wildman–Crippen LogP) is -1.87. The molecule has 0 aliphatic rings. The van der Waals surface area contributed by atoms with Gasteiger partial charge in [-0.25, -0.2) is 9.46 Å². The largest absolute Gasteiger partial charge is 0.740 e. The van der Waals surface area contributed by atoms with E-state index >= 15 is 0 Å². The third kappa shape index (κ3) is 1.26. The van der Waals surface area contributed by atoms with Crippen molar-refractivity contribution in [3.8, 4) is 0 Å². The normalized spacial score (nSPS) is 10.1. The van der Waals surface area contributed by atoms with Crippen LogP contribution < -0.4 is 32.0 Å². The highest BCUT2D eigenvalue weighted by Crippen LogP contribution is 2.13. The third-order valence-corrected chi connectivity index (χ3v) is 1.71. The minimum absolute atomic E-state index is 0.0887. The number of nitrogens with zero attached hydrogens (tertiary/aromatic N) is 2. The number of aromatic nitrogens is 2. The van der Waals surface area contributed by atoms with Crippen molar-refractivity contribution in [3.63, 3.8) is 0 Å². The lowest BCUT2D eigenvalue weighted by Gasteiger charge is -2.18. The Bertz CT molecular complexity index is 337. The van der Waals surface area contributed by atoms with Crippen molar-refractivity contribution in [1.29, 1.82) is 0 Å². The summed E-state index contributed by atoms with van der Waals surface area (Å²) in [5.74, 6) is -1.16. The summed E-state index contributed by atoms with van der Waals surface area (Å²) in [7, 11) is 0. The summed E-state index contributed by atoms with van der Waals surface area (Å²) in [6.07, 6.45) is 0. The van der Waals surface area contributed by atoms with Gasteiger partial charge in [-0.2, -0.15) is 0 Å². The maximum atomic E-state index is 11.4. The molecule has 0 aliphatic carbocycles. The maximum Gasteiger partial charge on any atom is 0.296 e. The Morgan fingerprint density at radius 1 is 1.07 bits per heavy atom. The highest BCUT2D eigenvalue weighted by Gasteiger charge is 2.19. The van der Waals surface area contributed by atoms with Gasteiger partial charge < -0.3 is 32.9 Å². The number of hydrogen-bond donors (Lipinski definition) is 4. The Kier molecular flexibility index (Phi) is 2.36. The molecular formula is C6H12N6O2. The van der Waals surface area contributed by atoms with Crippen molar-refractivity contribution < 1.29 is 9.46 Å². The van der Waals surface area contributed by atoms with E-state index in [-0.39, 0.29) is 22.2 Å². The van der Waals surface area contributed by atoms with Gasteiger partial charge in [0.05, 0.1) is 6.54 Å². The highest BCUT2D eigenvalue weighted by molar-refractivity contribution is 5.55. The molecule has 0 fully saturated rings. The number of anilines is 4. The number of nitrogen functional groups attached to an aromatic ring is 3. The lowest BCUT2D eigenvalue weighted by atomic mass is 10.5. The number of nitrogens with one attached hydrogen (secondary N) is 1. The summed E-state index contributed by atoms with van der Waals surface area (Å²) in [5.41, 5.74) is 15.9. The van der Waals surface area contributed by atoms with Gasteiger partial charge in [0.25, 0.3) is 23.3 Å². The summed E-state index contributed by atoms with van der Waals surface area (Å²) in [6.45, 7) is 2.19. The molecule has 1 heterocycles. The number of hydrogen-bond acceptors (Lipinski definition) is 6. The lowest BCUT2D eigenvalue weighted by Crippen LogP contribution is -2.46. The first-order chi connectivity index (χ1) is 6.50. The third-order valence-electron chi connectivity index (χ3n) is 1.71. The van der Waals surface area contributed by atoms with Gasteiger partial charge in [-0.3, -0.25) is 0 Å². The van der Waals surface area contributed by atoms with Crippen LogP contribution in [0.25, 0.3) is 0 Å². The van der Waals surface area contributed by atoms with E-state index in [4.69, 9.17) is 17.2 Å². The van der Waals surface area contributed by atoms with Gasteiger partial charge in [0, 0.05) is 0 Å². The molecule has 14 heavy (non-hydrogen) atoms. The first-order valence-corrected chi connectivity index (χ1v) is 3.94. The fourth-order valence-electron chi connectivity index (χ4n) is 0.988. The SMILES string of the molecule is CCNc1c(N)[n+]([O-])c(N)c(N)[n+]1[O-]. The van der Waals surface area contributed by atoms with Crippen molar-refractivity contribution in [1.82, 2.24) is 0 Å². The van der Waals surface area contributed by atoms with Gasteiger partial charge >= 0.3 is 0 Å². The average Bonchev–Trinajstić information content (AvgIpc) is 2.19. The van der Waals surface area contributed by atoms with Crippen LogP contribution in [0.1, 0.15) is 6.92 Å². The van der Waals surface area contributed by atoms with Gasteiger partial charge in [0.2, 0.25) is 0 Å². The van der Waals surface area contributed by atoms with E-state index in [1.165, 1.54) is 0 Å². The molecule has 0 spiro atoms. The molecule has 8 nitrogen and oxygen atoms in total. The predicted molar refractivity (Wildman–Crippen MR) is 51.8 cm³/mol.